The van der Waals surface area contributed by atoms with Gasteiger partial charge in [0.05, 0.1) is 6.61 Å². The molecule has 1 aromatic rings. The predicted octanol–water partition coefficient (Wildman–Crippen LogP) is 1.85. The summed E-state index contributed by atoms with van der Waals surface area (Å²) in [6.45, 7) is 2.59. The van der Waals surface area contributed by atoms with Gasteiger partial charge in [-0.05, 0) is 36.3 Å². The lowest BCUT2D eigenvalue weighted by atomic mass is 10.1. The predicted molar refractivity (Wildman–Crippen MR) is 70.7 cm³/mol. The largest absolute Gasteiger partial charge is 0.395 e. The van der Waals surface area contributed by atoms with E-state index >= 15 is 0 Å². The number of benzene rings is 1. The second-order valence-corrected chi connectivity index (χ2v) is 3.97. The molecule has 0 aromatic heterocycles. The molecule has 0 fully saturated rings. The van der Waals surface area contributed by atoms with Crippen molar-refractivity contribution in [3.8, 4) is 12.1 Å². The summed E-state index contributed by atoms with van der Waals surface area (Å²) in [4.78, 5) is 1.94. The van der Waals surface area contributed by atoms with Crippen LogP contribution in [-0.2, 0) is 0 Å². The van der Waals surface area contributed by atoms with Crippen molar-refractivity contribution in [2.24, 2.45) is 0 Å². The molecule has 0 aliphatic heterocycles. The first-order valence-electron chi connectivity index (χ1n) is 5.57. The summed E-state index contributed by atoms with van der Waals surface area (Å²) < 4.78 is 0. The van der Waals surface area contributed by atoms with Crippen molar-refractivity contribution in [1.82, 2.24) is 0 Å². The van der Waals surface area contributed by atoms with Crippen LogP contribution < -0.4 is 4.90 Å². The van der Waals surface area contributed by atoms with Gasteiger partial charge in [-0.15, -0.1) is 0 Å². The Morgan fingerprint density at radius 2 is 2.06 bits per heavy atom. The highest BCUT2D eigenvalue weighted by Crippen LogP contribution is 2.20. The molecule has 0 amide bonds. The molecule has 0 unspecified atom stereocenters. The molecule has 4 nitrogen and oxygen atoms in total. The van der Waals surface area contributed by atoms with Crippen LogP contribution in [0, 0.1) is 29.6 Å². The van der Waals surface area contributed by atoms with Crippen LogP contribution in [0.15, 0.2) is 23.8 Å². The van der Waals surface area contributed by atoms with Gasteiger partial charge < -0.3 is 10.0 Å². The standard InChI is InChI=1S/C14H15N3O/c1-11-7-14(17(2)5-6-18)4-3-13(11)8-12(9-15)10-16/h3-4,7-8,18H,5-6H2,1-2H3. The minimum atomic E-state index is 0.0922. The van der Waals surface area contributed by atoms with Crippen molar-refractivity contribution in [3.05, 3.63) is 34.9 Å². The number of hydrogen-bond donors (Lipinski definition) is 1. The number of nitrogens with zero attached hydrogens (tertiary/aromatic N) is 3. The molecule has 18 heavy (non-hydrogen) atoms. The number of likely N-dealkylation sites (N-methyl/N-ethyl adjacent to an activating group) is 1. The van der Waals surface area contributed by atoms with Crippen molar-refractivity contribution in [3.63, 3.8) is 0 Å². The average Bonchev–Trinajstić information content (AvgIpc) is 2.37. The number of aliphatic hydroxyl groups excluding tert-OH is 1. The molecule has 0 bridgehead atoms. The zero-order valence-electron chi connectivity index (χ0n) is 10.5. The summed E-state index contributed by atoms with van der Waals surface area (Å²) in [7, 11) is 1.90. The molecule has 0 heterocycles. The monoisotopic (exact) mass is 241 g/mol. The summed E-state index contributed by atoms with van der Waals surface area (Å²) in [5, 5.41) is 26.3. The average molecular weight is 241 g/mol. The topological polar surface area (TPSA) is 71.0 Å². The highest BCUT2D eigenvalue weighted by molar-refractivity contribution is 5.66. The molecule has 1 aromatic carbocycles. The van der Waals surface area contributed by atoms with Gasteiger partial charge in [-0.25, -0.2) is 0 Å². The van der Waals surface area contributed by atoms with Gasteiger partial charge in [0.15, 0.2) is 0 Å². The number of rotatable bonds is 4. The summed E-state index contributed by atoms with van der Waals surface area (Å²) in [6, 6.07) is 9.42. The fourth-order valence-electron chi connectivity index (χ4n) is 1.58. The third-order valence-corrected chi connectivity index (χ3v) is 2.67. The Morgan fingerprint density at radius 1 is 1.39 bits per heavy atom. The van der Waals surface area contributed by atoms with Crippen LogP contribution in [0.3, 0.4) is 0 Å². The quantitative estimate of drug-likeness (QED) is 0.817. The van der Waals surface area contributed by atoms with E-state index in [-0.39, 0.29) is 12.2 Å². The molecule has 1 N–H and O–H groups in total. The number of aliphatic hydroxyl groups is 1. The summed E-state index contributed by atoms with van der Waals surface area (Å²) in [5.41, 5.74) is 2.93. The first-order valence-corrected chi connectivity index (χ1v) is 5.57. The number of anilines is 1. The van der Waals surface area contributed by atoms with Crippen LogP contribution in [0.2, 0.25) is 0 Å². The highest BCUT2D eigenvalue weighted by Gasteiger charge is 2.03. The Bertz CT molecular complexity index is 519. The van der Waals surface area contributed by atoms with E-state index in [4.69, 9.17) is 15.6 Å². The van der Waals surface area contributed by atoms with Gasteiger partial charge in [0, 0.05) is 19.3 Å². The van der Waals surface area contributed by atoms with Gasteiger partial charge >= 0.3 is 0 Å². The third-order valence-electron chi connectivity index (χ3n) is 2.67. The summed E-state index contributed by atoms with van der Waals surface area (Å²) in [5.74, 6) is 0. The first kappa shape index (κ1) is 13.8. The van der Waals surface area contributed by atoms with Crippen molar-refractivity contribution < 1.29 is 5.11 Å². The number of nitriles is 2. The van der Waals surface area contributed by atoms with E-state index in [1.807, 2.05) is 49.2 Å². The van der Waals surface area contributed by atoms with Gasteiger partial charge in [-0.3, -0.25) is 0 Å². The first-order chi connectivity index (χ1) is 8.62. The maximum atomic E-state index is 8.88. The smallest absolute Gasteiger partial charge is 0.130 e. The molecule has 92 valence electrons. The Hall–Kier alpha value is -2.30. The van der Waals surface area contributed by atoms with E-state index in [1.54, 1.807) is 6.08 Å². The van der Waals surface area contributed by atoms with Crippen LogP contribution >= 0.6 is 0 Å². The lowest BCUT2D eigenvalue weighted by molar-refractivity contribution is 0.304. The molecule has 0 aliphatic carbocycles. The van der Waals surface area contributed by atoms with E-state index in [9.17, 15) is 0 Å². The SMILES string of the molecule is Cc1cc(N(C)CCO)ccc1C=C(C#N)C#N. The normalized spacial score (nSPS) is 9.17. The Balaban J connectivity index is 3.05. The molecule has 0 radical (unpaired) electrons. The molecule has 0 atom stereocenters. The molecule has 0 aliphatic rings. The van der Waals surface area contributed by atoms with Crippen LogP contribution in [0.4, 0.5) is 5.69 Å². The van der Waals surface area contributed by atoms with Gasteiger partial charge in [-0.2, -0.15) is 10.5 Å². The maximum Gasteiger partial charge on any atom is 0.130 e. The molecular formula is C14H15N3O. The van der Waals surface area contributed by atoms with Crippen LogP contribution in [-0.4, -0.2) is 25.3 Å². The summed E-state index contributed by atoms with van der Waals surface area (Å²) >= 11 is 0. The highest BCUT2D eigenvalue weighted by atomic mass is 16.3. The van der Waals surface area contributed by atoms with Gasteiger partial charge in [-0.1, -0.05) is 6.07 Å². The molecule has 0 saturated carbocycles. The lowest BCUT2D eigenvalue weighted by Crippen LogP contribution is -2.21. The Morgan fingerprint density at radius 3 is 2.56 bits per heavy atom. The molecule has 0 saturated heterocycles. The Kier molecular flexibility index (Phi) is 4.92. The fourth-order valence-corrected chi connectivity index (χ4v) is 1.58. The van der Waals surface area contributed by atoms with E-state index in [2.05, 4.69) is 0 Å². The van der Waals surface area contributed by atoms with Crippen molar-refractivity contribution >= 4 is 11.8 Å². The number of aryl methyl sites for hydroxylation is 1. The van der Waals surface area contributed by atoms with Crippen molar-refractivity contribution in [2.45, 2.75) is 6.92 Å². The van der Waals surface area contributed by atoms with Crippen molar-refractivity contribution in [1.29, 1.82) is 10.5 Å². The van der Waals surface area contributed by atoms with Crippen LogP contribution in [0.1, 0.15) is 11.1 Å². The van der Waals surface area contributed by atoms with E-state index in [0.29, 0.717) is 6.54 Å². The molecular weight excluding hydrogens is 226 g/mol. The van der Waals surface area contributed by atoms with E-state index in [1.165, 1.54) is 0 Å². The second kappa shape index (κ2) is 6.44. The third kappa shape index (κ3) is 3.35. The Labute approximate surface area is 107 Å². The molecule has 4 heteroatoms. The van der Waals surface area contributed by atoms with E-state index < -0.39 is 0 Å². The number of hydrogen-bond acceptors (Lipinski definition) is 4. The number of allylic oxidation sites excluding steroid dienone is 1. The molecule has 1 rings (SSSR count). The summed E-state index contributed by atoms with van der Waals surface area (Å²) in [6.07, 6.45) is 1.57. The second-order valence-electron chi connectivity index (χ2n) is 3.97. The zero-order valence-corrected chi connectivity index (χ0v) is 10.5. The van der Waals surface area contributed by atoms with Gasteiger partial charge in [0.25, 0.3) is 0 Å². The maximum absolute atomic E-state index is 8.88. The van der Waals surface area contributed by atoms with Gasteiger partial charge in [0.1, 0.15) is 17.7 Å². The zero-order chi connectivity index (χ0) is 13.5. The van der Waals surface area contributed by atoms with Crippen molar-refractivity contribution in [2.75, 3.05) is 25.1 Å². The molecule has 0 spiro atoms. The fraction of sp³-hybridized carbons (Fsp3) is 0.286. The van der Waals surface area contributed by atoms with Crippen LogP contribution in [0.25, 0.3) is 6.08 Å². The minimum absolute atomic E-state index is 0.0922. The van der Waals surface area contributed by atoms with Crippen LogP contribution in [0.5, 0.6) is 0 Å². The lowest BCUT2D eigenvalue weighted by Gasteiger charge is -2.18. The van der Waals surface area contributed by atoms with Gasteiger partial charge in [0.2, 0.25) is 0 Å². The minimum Gasteiger partial charge on any atom is -0.395 e. The van der Waals surface area contributed by atoms with E-state index in [0.717, 1.165) is 16.8 Å².